The molecule has 2 aromatic rings. The van der Waals surface area contributed by atoms with Gasteiger partial charge in [-0.2, -0.15) is 0 Å². The number of rotatable bonds is 7. The molecule has 0 saturated carbocycles. The van der Waals surface area contributed by atoms with Crippen molar-refractivity contribution in [1.29, 1.82) is 0 Å². The molecule has 1 aromatic carbocycles. The van der Waals surface area contributed by atoms with Crippen LogP contribution in [0.25, 0.3) is 0 Å². The molecular formula is C22H28N2O5. The van der Waals surface area contributed by atoms with E-state index >= 15 is 0 Å². The summed E-state index contributed by atoms with van der Waals surface area (Å²) in [7, 11) is 0. The number of nitrogens with zero attached hydrogens (tertiary/aromatic N) is 2. The molecule has 29 heavy (non-hydrogen) atoms. The van der Waals surface area contributed by atoms with E-state index < -0.39 is 17.5 Å². The third-order valence-corrected chi connectivity index (χ3v) is 5.47. The number of benzene rings is 1. The molecule has 7 nitrogen and oxygen atoms in total. The second kappa shape index (κ2) is 9.35. The average Bonchev–Trinajstić information content (AvgIpc) is 2.71. The zero-order chi connectivity index (χ0) is 21.0. The van der Waals surface area contributed by atoms with E-state index in [2.05, 4.69) is 6.58 Å². The summed E-state index contributed by atoms with van der Waals surface area (Å²) in [5, 5.41) is 9.62. The third kappa shape index (κ3) is 4.75. The molecular weight excluding hydrogens is 372 g/mol. The fourth-order valence-corrected chi connectivity index (χ4v) is 3.83. The zero-order valence-electron chi connectivity index (χ0n) is 16.9. The Morgan fingerprint density at radius 3 is 2.66 bits per heavy atom. The van der Waals surface area contributed by atoms with Gasteiger partial charge in [0.2, 0.25) is 0 Å². The number of aliphatic hydroxyl groups is 1. The summed E-state index contributed by atoms with van der Waals surface area (Å²) in [5.74, 6) is 0.0664. The first-order valence-corrected chi connectivity index (χ1v) is 9.77. The Balaban J connectivity index is 1.84. The van der Waals surface area contributed by atoms with Crippen molar-refractivity contribution in [3.63, 3.8) is 0 Å². The highest BCUT2D eigenvalue weighted by molar-refractivity contribution is 5.13. The predicted molar refractivity (Wildman–Crippen MR) is 109 cm³/mol. The largest absolute Gasteiger partial charge is 0.394 e. The van der Waals surface area contributed by atoms with Crippen molar-refractivity contribution < 1.29 is 14.6 Å². The van der Waals surface area contributed by atoms with Gasteiger partial charge in [-0.25, -0.2) is 9.36 Å². The van der Waals surface area contributed by atoms with Crippen molar-refractivity contribution in [2.24, 2.45) is 11.8 Å². The van der Waals surface area contributed by atoms with Gasteiger partial charge in [0, 0.05) is 18.2 Å². The minimum absolute atomic E-state index is 0.0378. The molecule has 0 amide bonds. The van der Waals surface area contributed by atoms with Crippen molar-refractivity contribution in [3.8, 4) is 0 Å². The van der Waals surface area contributed by atoms with E-state index in [1.807, 2.05) is 44.2 Å². The van der Waals surface area contributed by atoms with Gasteiger partial charge in [-0.3, -0.25) is 9.36 Å². The lowest BCUT2D eigenvalue weighted by Crippen LogP contribution is -2.47. The molecule has 1 aliphatic heterocycles. The van der Waals surface area contributed by atoms with Gasteiger partial charge in [0.15, 0.2) is 0 Å². The number of ether oxygens (including phenoxy) is 2. The summed E-state index contributed by atoms with van der Waals surface area (Å²) in [5.41, 5.74) is 1.01. The van der Waals surface area contributed by atoms with E-state index in [1.54, 1.807) is 0 Å². The minimum atomic E-state index is -0.601. The van der Waals surface area contributed by atoms with Crippen LogP contribution in [0.1, 0.15) is 32.1 Å². The van der Waals surface area contributed by atoms with Crippen LogP contribution in [0.15, 0.2) is 64.3 Å². The minimum Gasteiger partial charge on any atom is -0.394 e. The molecule has 1 aromatic heterocycles. The van der Waals surface area contributed by atoms with Crippen LogP contribution >= 0.6 is 0 Å². The van der Waals surface area contributed by atoms with Gasteiger partial charge in [0.1, 0.15) is 13.0 Å². The van der Waals surface area contributed by atoms with Crippen molar-refractivity contribution in [2.45, 2.75) is 45.9 Å². The third-order valence-electron chi connectivity index (χ3n) is 5.47. The van der Waals surface area contributed by atoms with Gasteiger partial charge in [-0.15, -0.1) is 0 Å². The van der Waals surface area contributed by atoms with Crippen LogP contribution in [0, 0.1) is 11.8 Å². The molecule has 4 atom stereocenters. The second-order valence-corrected chi connectivity index (χ2v) is 7.61. The molecule has 156 valence electrons. The molecule has 0 radical (unpaired) electrons. The van der Waals surface area contributed by atoms with Gasteiger partial charge in [-0.05, 0) is 24.8 Å². The maximum atomic E-state index is 13.0. The summed E-state index contributed by atoms with van der Waals surface area (Å²) in [6.07, 6.45) is 1.11. The fourth-order valence-electron chi connectivity index (χ4n) is 3.83. The first-order chi connectivity index (χ1) is 13.9. The lowest BCUT2D eigenvalue weighted by Gasteiger charge is -2.41. The SMILES string of the molecule is C=C(C)[C@H]1C[C@@H](CO)OC(n2ccc(=O)n(COCc3ccccc3)c2=O)[C@H]1C. The average molecular weight is 400 g/mol. The highest BCUT2D eigenvalue weighted by atomic mass is 16.5. The number of hydrogen-bond acceptors (Lipinski definition) is 5. The van der Waals surface area contributed by atoms with E-state index in [0.717, 1.165) is 15.7 Å². The predicted octanol–water partition coefficient (Wildman–Crippen LogP) is 2.29. The van der Waals surface area contributed by atoms with Gasteiger partial charge in [0.25, 0.3) is 5.56 Å². The molecule has 1 unspecified atom stereocenters. The molecule has 1 fully saturated rings. The van der Waals surface area contributed by atoms with E-state index in [-0.39, 0.29) is 31.3 Å². The van der Waals surface area contributed by atoms with Crippen LogP contribution in [0.5, 0.6) is 0 Å². The smallest absolute Gasteiger partial charge is 0.335 e. The highest BCUT2D eigenvalue weighted by Crippen LogP contribution is 2.39. The van der Waals surface area contributed by atoms with Crippen molar-refractivity contribution >= 4 is 0 Å². The molecule has 1 aliphatic rings. The Morgan fingerprint density at radius 2 is 2.00 bits per heavy atom. The number of allylic oxidation sites excluding steroid dienone is 1. The highest BCUT2D eigenvalue weighted by Gasteiger charge is 2.37. The molecule has 3 rings (SSSR count). The lowest BCUT2D eigenvalue weighted by atomic mass is 9.80. The quantitative estimate of drug-likeness (QED) is 0.721. The van der Waals surface area contributed by atoms with Crippen LogP contribution < -0.4 is 11.2 Å². The normalized spacial score (nSPS) is 24.4. The first kappa shape index (κ1) is 21.2. The standard InChI is InChI=1S/C22H28N2O5/c1-15(2)19-11-18(12-25)29-21(16(19)3)23-10-9-20(26)24(22(23)27)14-28-13-17-7-5-4-6-8-17/h4-10,16,18-19,21,25H,1,11-14H2,2-3H3/t16-,18-,19+,21?/m0/s1. The van der Waals surface area contributed by atoms with Crippen LogP contribution in [0.2, 0.25) is 0 Å². The molecule has 0 bridgehead atoms. The monoisotopic (exact) mass is 400 g/mol. The molecule has 0 aliphatic carbocycles. The Kier molecular flexibility index (Phi) is 6.84. The maximum absolute atomic E-state index is 13.0. The van der Waals surface area contributed by atoms with Crippen LogP contribution in [0.4, 0.5) is 0 Å². The molecule has 1 saturated heterocycles. The molecule has 0 spiro atoms. The summed E-state index contributed by atoms with van der Waals surface area (Å²) in [6.45, 7) is 7.99. The maximum Gasteiger partial charge on any atom is 0.335 e. The number of aliphatic hydroxyl groups excluding tert-OH is 1. The zero-order valence-corrected chi connectivity index (χ0v) is 16.9. The second-order valence-electron chi connectivity index (χ2n) is 7.61. The van der Waals surface area contributed by atoms with Crippen molar-refractivity contribution in [1.82, 2.24) is 9.13 Å². The van der Waals surface area contributed by atoms with Crippen molar-refractivity contribution in [2.75, 3.05) is 6.61 Å². The number of aromatic nitrogens is 2. The number of hydrogen-bond donors (Lipinski definition) is 1. The van der Waals surface area contributed by atoms with Gasteiger partial charge in [-0.1, -0.05) is 49.4 Å². The fraction of sp³-hybridized carbons (Fsp3) is 0.455. The summed E-state index contributed by atoms with van der Waals surface area (Å²) in [4.78, 5) is 25.3. The topological polar surface area (TPSA) is 82.7 Å². The molecule has 1 N–H and O–H groups in total. The Morgan fingerprint density at radius 1 is 1.28 bits per heavy atom. The Bertz CT molecular complexity index is 950. The van der Waals surface area contributed by atoms with Gasteiger partial charge < -0.3 is 14.6 Å². The summed E-state index contributed by atoms with van der Waals surface area (Å²) < 4.78 is 14.0. The molecule has 7 heteroatoms. The van der Waals surface area contributed by atoms with Crippen molar-refractivity contribution in [3.05, 3.63) is 81.1 Å². The first-order valence-electron chi connectivity index (χ1n) is 9.77. The van der Waals surface area contributed by atoms with Crippen LogP contribution in [-0.2, 0) is 22.8 Å². The van der Waals surface area contributed by atoms with Gasteiger partial charge in [0.05, 0.1) is 19.3 Å². The summed E-state index contributed by atoms with van der Waals surface area (Å²) >= 11 is 0. The van der Waals surface area contributed by atoms with E-state index in [4.69, 9.17) is 9.47 Å². The van der Waals surface area contributed by atoms with E-state index in [0.29, 0.717) is 13.0 Å². The Labute approximate surface area is 169 Å². The van der Waals surface area contributed by atoms with E-state index in [1.165, 1.54) is 16.8 Å². The lowest BCUT2D eigenvalue weighted by molar-refractivity contribution is -0.151. The molecule has 2 heterocycles. The van der Waals surface area contributed by atoms with Crippen LogP contribution in [-0.4, -0.2) is 27.0 Å². The summed E-state index contributed by atoms with van der Waals surface area (Å²) in [6, 6.07) is 10.9. The Hall–Kier alpha value is -2.48. The van der Waals surface area contributed by atoms with Crippen LogP contribution in [0.3, 0.4) is 0 Å². The van der Waals surface area contributed by atoms with Gasteiger partial charge >= 0.3 is 5.69 Å². The van der Waals surface area contributed by atoms with E-state index in [9.17, 15) is 14.7 Å².